The van der Waals surface area contributed by atoms with Crippen molar-refractivity contribution in [3.05, 3.63) is 33.8 Å². The number of hydrogen-bond acceptors (Lipinski definition) is 2. The van der Waals surface area contributed by atoms with Crippen LogP contribution >= 0.6 is 15.9 Å². The molecule has 0 aliphatic carbocycles. The molecule has 0 heterocycles. The fourth-order valence-corrected chi connectivity index (χ4v) is 1.55. The molecule has 0 aliphatic rings. The summed E-state index contributed by atoms with van der Waals surface area (Å²) in [5.74, 6) is -0.318. The van der Waals surface area contributed by atoms with E-state index in [9.17, 15) is 4.79 Å². The Hall–Kier alpha value is -0.830. The lowest BCUT2D eigenvalue weighted by Gasteiger charge is -2.02. The van der Waals surface area contributed by atoms with Crippen LogP contribution in [0.5, 0.6) is 0 Å². The van der Waals surface area contributed by atoms with Crippen molar-refractivity contribution < 1.29 is 9.53 Å². The summed E-state index contributed by atoms with van der Waals surface area (Å²) in [6, 6.07) is 5.49. The van der Waals surface area contributed by atoms with E-state index >= 15 is 0 Å². The molecule has 1 rings (SSSR count). The van der Waals surface area contributed by atoms with Crippen molar-refractivity contribution >= 4 is 21.9 Å². The number of methoxy groups -OCH3 is 1. The van der Waals surface area contributed by atoms with Crippen LogP contribution in [0.1, 0.15) is 29.8 Å². The highest BCUT2D eigenvalue weighted by molar-refractivity contribution is 9.10. The summed E-state index contributed by atoms with van der Waals surface area (Å²) in [4.78, 5) is 11.1. The van der Waals surface area contributed by atoms with E-state index in [1.165, 1.54) is 7.11 Å². The number of aryl methyl sites for hydroxylation is 1. The zero-order chi connectivity index (χ0) is 11.1. The van der Waals surface area contributed by atoms with Gasteiger partial charge in [-0.15, -0.1) is 0 Å². The molecule has 0 saturated heterocycles. The van der Waals surface area contributed by atoms with Crippen molar-refractivity contribution in [2.24, 2.45) is 0 Å². The molecule has 0 atom stereocenters. The average Bonchev–Trinajstić information content (AvgIpc) is 2.20. The number of esters is 1. The molecule has 0 N–H and O–H groups in total. The van der Waals surface area contributed by atoms with Gasteiger partial charge >= 0.3 is 5.97 Å². The quantitative estimate of drug-likeness (QED) is 0.720. The van der Waals surface area contributed by atoms with Gasteiger partial charge in [-0.1, -0.05) is 19.9 Å². The van der Waals surface area contributed by atoms with Crippen molar-refractivity contribution in [1.29, 1.82) is 0 Å². The maximum atomic E-state index is 11.1. The molecule has 0 aromatic heterocycles. The van der Waals surface area contributed by atoms with Gasteiger partial charge in [0.15, 0.2) is 0 Å². The van der Waals surface area contributed by atoms with Gasteiger partial charge in [-0.05, 0) is 40.5 Å². The Morgan fingerprint density at radius 2 is 1.93 bits per heavy atom. The molecular weight excluding hydrogens is 244 g/mol. The summed E-state index contributed by atoms with van der Waals surface area (Å²) >= 11 is 3.29. The van der Waals surface area contributed by atoms with Gasteiger partial charge in [-0.25, -0.2) is 4.79 Å². The lowest BCUT2D eigenvalue weighted by molar-refractivity contribution is 0.0599. The fourth-order valence-electron chi connectivity index (χ4n) is 0.896. The van der Waals surface area contributed by atoms with Crippen LogP contribution in [0.2, 0.25) is 0 Å². The van der Waals surface area contributed by atoms with Crippen molar-refractivity contribution in [1.82, 2.24) is 0 Å². The molecule has 3 heteroatoms. The van der Waals surface area contributed by atoms with Crippen LogP contribution < -0.4 is 0 Å². The number of carbonyl (C=O) groups is 1. The van der Waals surface area contributed by atoms with Gasteiger partial charge < -0.3 is 4.74 Å². The van der Waals surface area contributed by atoms with E-state index in [0.717, 1.165) is 10.0 Å². The molecule has 1 aromatic rings. The Morgan fingerprint density at radius 1 is 1.36 bits per heavy atom. The molecule has 0 amide bonds. The summed E-state index contributed by atoms with van der Waals surface area (Å²) in [6.07, 6.45) is 0. The molecule has 0 aliphatic heterocycles. The van der Waals surface area contributed by atoms with Gasteiger partial charge in [0.05, 0.1) is 12.7 Å². The molecule has 1 aromatic carbocycles. The van der Waals surface area contributed by atoms with Crippen LogP contribution in [-0.4, -0.2) is 13.1 Å². The van der Waals surface area contributed by atoms with Gasteiger partial charge in [0, 0.05) is 4.47 Å². The van der Waals surface area contributed by atoms with Crippen LogP contribution in [0.25, 0.3) is 0 Å². The Morgan fingerprint density at radius 3 is 2.36 bits per heavy atom. The second-order valence-corrected chi connectivity index (χ2v) is 3.33. The summed E-state index contributed by atoms with van der Waals surface area (Å²) < 4.78 is 5.36. The fraction of sp³-hybridized carbons (Fsp3) is 0.364. The maximum Gasteiger partial charge on any atom is 0.338 e. The molecule has 0 fully saturated rings. The highest BCUT2D eigenvalue weighted by atomic mass is 79.9. The number of rotatable bonds is 1. The van der Waals surface area contributed by atoms with Crippen LogP contribution in [-0.2, 0) is 4.74 Å². The largest absolute Gasteiger partial charge is 0.465 e. The first-order chi connectivity index (χ1) is 6.65. The minimum absolute atomic E-state index is 0.318. The molecule has 0 bridgehead atoms. The van der Waals surface area contributed by atoms with Crippen LogP contribution in [0, 0.1) is 6.92 Å². The van der Waals surface area contributed by atoms with Gasteiger partial charge in [-0.3, -0.25) is 0 Å². The van der Waals surface area contributed by atoms with Crippen molar-refractivity contribution in [2.75, 3.05) is 7.11 Å². The summed E-state index contributed by atoms with van der Waals surface area (Å²) in [5, 5.41) is 0. The second-order valence-electron chi connectivity index (χ2n) is 2.47. The summed E-state index contributed by atoms with van der Waals surface area (Å²) in [6.45, 7) is 5.96. The third kappa shape index (κ3) is 3.50. The van der Waals surface area contributed by atoms with Crippen LogP contribution in [0.4, 0.5) is 0 Å². The van der Waals surface area contributed by atoms with Crippen LogP contribution in [0.3, 0.4) is 0 Å². The van der Waals surface area contributed by atoms with E-state index in [1.54, 1.807) is 6.07 Å². The minimum Gasteiger partial charge on any atom is -0.465 e. The van der Waals surface area contributed by atoms with Crippen LogP contribution in [0.15, 0.2) is 22.7 Å². The standard InChI is InChI=1S/C9H9BrO2.C2H6/c1-6-3-4-7(8(10)5-6)9(11)12-2;1-2/h3-5H,1-2H3;1-2H3. The topological polar surface area (TPSA) is 26.3 Å². The zero-order valence-electron chi connectivity index (χ0n) is 8.93. The third-order valence-corrected chi connectivity index (χ3v) is 2.19. The van der Waals surface area contributed by atoms with Crippen molar-refractivity contribution in [3.8, 4) is 0 Å². The lowest BCUT2D eigenvalue weighted by atomic mass is 10.1. The van der Waals surface area contributed by atoms with Gasteiger partial charge in [0.2, 0.25) is 0 Å². The second kappa shape index (κ2) is 6.60. The predicted octanol–water partition coefficient (Wildman–Crippen LogP) is 3.57. The van der Waals surface area contributed by atoms with E-state index in [-0.39, 0.29) is 5.97 Å². The Bertz CT molecular complexity index is 308. The molecule has 0 radical (unpaired) electrons. The molecule has 0 saturated carbocycles. The number of ether oxygens (including phenoxy) is 1. The van der Waals surface area contributed by atoms with Gasteiger partial charge in [0.1, 0.15) is 0 Å². The first-order valence-electron chi connectivity index (χ1n) is 4.49. The number of benzene rings is 1. The number of carbonyl (C=O) groups excluding carboxylic acids is 1. The van der Waals surface area contributed by atoms with Crippen molar-refractivity contribution in [3.63, 3.8) is 0 Å². The molecule has 78 valence electrons. The van der Waals surface area contributed by atoms with E-state index in [1.807, 2.05) is 32.9 Å². The van der Waals surface area contributed by atoms with E-state index < -0.39 is 0 Å². The normalized spacial score (nSPS) is 8.64. The van der Waals surface area contributed by atoms with Crippen molar-refractivity contribution in [2.45, 2.75) is 20.8 Å². The zero-order valence-corrected chi connectivity index (χ0v) is 10.5. The highest BCUT2D eigenvalue weighted by Crippen LogP contribution is 2.18. The average molecular weight is 259 g/mol. The molecule has 14 heavy (non-hydrogen) atoms. The SMILES string of the molecule is CC.COC(=O)c1ccc(C)cc1Br. The van der Waals surface area contributed by atoms with Gasteiger partial charge in [-0.2, -0.15) is 0 Å². The maximum absolute atomic E-state index is 11.1. The van der Waals surface area contributed by atoms with Gasteiger partial charge in [0.25, 0.3) is 0 Å². The molecule has 0 spiro atoms. The summed E-state index contributed by atoms with van der Waals surface area (Å²) in [7, 11) is 1.37. The van der Waals surface area contributed by atoms with E-state index in [0.29, 0.717) is 5.56 Å². The molecule has 0 unspecified atom stereocenters. The number of hydrogen-bond donors (Lipinski definition) is 0. The Labute approximate surface area is 93.4 Å². The smallest absolute Gasteiger partial charge is 0.338 e. The first-order valence-corrected chi connectivity index (χ1v) is 5.29. The summed E-state index contributed by atoms with van der Waals surface area (Å²) in [5.41, 5.74) is 1.66. The highest BCUT2D eigenvalue weighted by Gasteiger charge is 2.08. The first kappa shape index (κ1) is 13.2. The molecular formula is C11H15BrO2. The predicted molar refractivity (Wildman–Crippen MR) is 61.6 cm³/mol. The van der Waals surface area contributed by atoms with E-state index in [2.05, 4.69) is 20.7 Å². The Kier molecular flexibility index (Phi) is 6.21. The molecule has 2 nitrogen and oxygen atoms in total. The lowest BCUT2D eigenvalue weighted by Crippen LogP contribution is -2.01. The minimum atomic E-state index is -0.318. The Balaban J connectivity index is 0.000000791. The monoisotopic (exact) mass is 258 g/mol. The third-order valence-electron chi connectivity index (χ3n) is 1.53. The van der Waals surface area contributed by atoms with E-state index in [4.69, 9.17) is 0 Å². The number of halogens is 1.